The van der Waals surface area contributed by atoms with Gasteiger partial charge in [-0.25, -0.2) is 9.59 Å². The van der Waals surface area contributed by atoms with Crippen LogP contribution in [0.15, 0.2) is 24.5 Å². The van der Waals surface area contributed by atoms with Gasteiger partial charge in [0, 0.05) is 19.4 Å². The van der Waals surface area contributed by atoms with Gasteiger partial charge in [0.05, 0.1) is 22.6 Å². The quantitative estimate of drug-likeness (QED) is 0.673. The van der Waals surface area contributed by atoms with Crippen LogP contribution in [0.4, 0.5) is 5.00 Å². The molecule has 2 heterocycles. The van der Waals surface area contributed by atoms with E-state index in [0.29, 0.717) is 5.56 Å². The van der Waals surface area contributed by atoms with E-state index in [0.717, 1.165) is 11.3 Å². The standard InChI is InChI=1S/C18H19N3O6S/c1-4-26-18(25)13-10(2)14(15(23)19-3)28-16(13)21-12(22)9-27-17(24)11-6-5-7-20-8-11/h5-8H,4,9H2,1-3H3,(H,19,23)(H,21,22). The first-order chi connectivity index (χ1) is 13.4. The Balaban J connectivity index is 2.15. The molecule has 148 valence electrons. The Labute approximate surface area is 165 Å². The van der Waals surface area contributed by atoms with E-state index in [1.54, 1.807) is 19.9 Å². The molecule has 2 aromatic heterocycles. The molecule has 0 atom stereocenters. The lowest BCUT2D eigenvalue weighted by atomic mass is 10.1. The summed E-state index contributed by atoms with van der Waals surface area (Å²) in [5.41, 5.74) is 0.694. The Bertz CT molecular complexity index is 894. The molecule has 0 aliphatic carbocycles. The maximum atomic E-state index is 12.3. The van der Waals surface area contributed by atoms with Crippen molar-refractivity contribution in [1.82, 2.24) is 10.3 Å². The van der Waals surface area contributed by atoms with Crippen molar-refractivity contribution < 1.29 is 28.7 Å². The van der Waals surface area contributed by atoms with Crippen LogP contribution in [0.1, 0.15) is 42.9 Å². The topological polar surface area (TPSA) is 124 Å². The molecule has 2 rings (SSSR count). The molecule has 28 heavy (non-hydrogen) atoms. The number of ether oxygens (including phenoxy) is 2. The van der Waals surface area contributed by atoms with Crippen LogP contribution in [0.3, 0.4) is 0 Å². The molecular weight excluding hydrogens is 386 g/mol. The summed E-state index contributed by atoms with van der Waals surface area (Å²) in [5.74, 6) is -2.42. The van der Waals surface area contributed by atoms with Crippen LogP contribution in [0.25, 0.3) is 0 Å². The second-order valence-corrected chi connectivity index (χ2v) is 6.45. The van der Waals surface area contributed by atoms with Crippen molar-refractivity contribution >= 4 is 40.1 Å². The summed E-state index contributed by atoms with van der Waals surface area (Å²) in [6.45, 7) is 2.81. The Morgan fingerprint density at radius 3 is 2.54 bits per heavy atom. The van der Waals surface area contributed by atoms with E-state index in [1.807, 2.05) is 0 Å². The molecule has 0 saturated carbocycles. The predicted molar refractivity (Wildman–Crippen MR) is 102 cm³/mol. The summed E-state index contributed by atoms with van der Waals surface area (Å²) in [6, 6.07) is 3.07. The van der Waals surface area contributed by atoms with Gasteiger partial charge >= 0.3 is 11.9 Å². The highest BCUT2D eigenvalue weighted by molar-refractivity contribution is 7.18. The van der Waals surface area contributed by atoms with Crippen molar-refractivity contribution in [2.45, 2.75) is 13.8 Å². The lowest BCUT2D eigenvalue weighted by Gasteiger charge is -2.08. The van der Waals surface area contributed by atoms with E-state index >= 15 is 0 Å². The fourth-order valence-corrected chi connectivity index (χ4v) is 3.40. The van der Waals surface area contributed by atoms with E-state index < -0.39 is 30.4 Å². The highest BCUT2D eigenvalue weighted by Gasteiger charge is 2.26. The van der Waals surface area contributed by atoms with Gasteiger partial charge in [-0.05, 0) is 31.5 Å². The van der Waals surface area contributed by atoms with Crippen LogP contribution >= 0.6 is 11.3 Å². The Morgan fingerprint density at radius 2 is 1.93 bits per heavy atom. The van der Waals surface area contributed by atoms with Crippen molar-refractivity contribution in [1.29, 1.82) is 0 Å². The molecule has 2 N–H and O–H groups in total. The number of amides is 2. The second kappa shape index (κ2) is 9.60. The molecule has 0 fully saturated rings. The van der Waals surface area contributed by atoms with Gasteiger partial charge in [0.15, 0.2) is 6.61 Å². The van der Waals surface area contributed by atoms with Crippen molar-refractivity contribution in [2.75, 3.05) is 25.6 Å². The average Bonchev–Trinajstić information content (AvgIpc) is 3.02. The lowest BCUT2D eigenvalue weighted by molar-refractivity contribution is -0.119. The van der Waals surface area contributed by atoms with Crippen LogP contribution in [-0.4, -0.2) is 49.0 Å². The van der Waals surface area contributed by atoms with Crippen molar-refractivity contribution in [3.8, 4) is 0 Å². The van der Waals surface area contributed by atoms with Gasteiger partial charge in [0.2, 0.25) is 0 Å². The van der Waals surface area contributed by atoms with Crippen LogP contribution < -0.4 is 10.6 Å². The Morgan fingerprint density at radius 1 is 1.18 bits per heavy atom. The first-order valence-corrected chi connectivity index (χ1v) is 9.10. The number of pyridine rings is 1. The molecule has 0 aliphatic rings. The number of nitrogens with one attached hydrogen (secondary N) is 2. The van der Waals surface area contributed by atoms with Gasteiger partial charge in [0.25, 0.3) is 11.8 Å². The van der Waals surface area contributed by atoms with E-state index in [1.165, 1.54) is 25.5 Å². The van der Waals surface area contributed by atoms with Crippen LogP contribution in [0.5, 0.6) is 0 Å². The average molecular weight is 405 g/mol. The number of hydrogen-bond donors (Lipinski definition) is 2. The maximum Gasteiger partial charge on any atom is 0.341 e. The Kier molecular flexibility index (Phi) is 7.21. The summed E-state index contributed by atoms with van der Waals surface area (Å²) in [7, 11) is 1.46. The number of hydrogen-bond acceptors (Lipinski definition) is 8. The zero-order chi connectivity index (χ0) is 20.7. The predicted octanol–water partition coefficient (Wildman–Crippen LogP) is 1.78. The van der Waals surface area contributed by atoms with Gasteiger partial charge in [-0.2, -0.15) is 0 Å². The summed E-state index contributed by atoms with van der Waals surface area (Å²) >= 11 is 0.937. The van der Waals surface area contributed by atoms with Crippen LogP contribution in [0, 0.1) is 6.92 Å². The molecule has 2 aromatic rings. The van der Waals surface area contributed by atoms with Crippen molar-refractivity contribution in [3.63, 3.8) is 0 Å². The fourth-order valence-electron chi connectivity index (χ4n) is 2.24. The Hall–Kier alpha value is -3.27. The summed E-state index contributed by atoms with van der Waals surface area (Å²) in [6.07, 6.45) is 2.82. The first kappa shape index (κ1) is 21.0. The molecule has 0 bridgehead atoms. The highest BCUT2D eigenvalue weighted by Crippen LogP contribution is 2.33. The SMILES string of the molecule is CCOC(=O)c1c(NC(=O)COC(=O)c2cccnc2)sc(C(=O)NC)c1C. The van der Waals surface area contributed by atoms with E-state index in [2.05, 4.69) is 15.6 Å². The highest BCUT2D eigenvalue weighted by atomic mass is 32.1. The molecule has 0 saturated heterocycles. The summed E-state index contributed by atoms with van der Waals surface area (Å²) in [4.78, 5) is 52.4. The zero-order valence-electron chi connectivity index (χ0n) is 15.5. The van der Waals surface area contributed by atoms with E-state index in [4.69, 9.17) is 9.47 Å². The third kappa shape index (κ3) is 4.92. The van der Waals surface area contributed by atoms with Gasteiger partial charge in [-0.3, -0.25) is 14.6 Å². The second-order valence-electron chi connectivity index (χ2n) is 5.43. The molecule has 2 amide bonds. The van der Waals surface area contributed by atoms with Crippen LogP contribution in [0.2, 0.25) is 0 Å². The monoisotopic (exact) mass is 405 g/mol. The minimum Gasteiger partial charge on any atom is -0.462 e. The van der Waals surface area contributed by atoms with Gasteiger partial charge in [-0.1, -0.05) is 0 Å². The molecular formula is C18H19N3O6S. The minimum atomic E-state index is -0.706. The number of carbonyl (C=O) groups excluding carboxylic acids is 4. The third-order valence-electron chi connectivity index (χ3n) is 3.54. The van der Waals surface area contributed by atoms with E-state index in [-0.39, 0.29) is 27.6 Å². The molecule has 0 radical (unpaired) electrons. The smallest absolute Gasteiger partial charge is 0.341 e. The van der Waals surface area contributed by atoms with Gasteiger partial charge in [0.1, 0.15) is 5.00 Å². The summed E-state index contributed by atoms with van der Waals surface area (Å²) < 4.78 is 9.94. The molecule has 0 unspecified atom stereocenters. The first-order valence-electron chi connectivity index (χ1n) is 8.28. The van der Waals surface area contributed by atoms with Gasteiger partial charge < -0.3 is 20.1 Å². The zero-order valence-corrected chi connectivity index (χ0v) is 16.3. The van der Waals surface area contributed by atoms with Crippen LogP contribution in [-0.2, 0) is 14.3 Å². The molecule has 0 aliphatic heterocycles. The minimum absolute atomic E-state index is 0.0948. The fraction of sp³-hybridized carbons (Fsp3) is 0.278. The molecule has 0 spiro atoms. The maximum absolute atomic E-state index is 12.3. The lowest BCUT2D eigenvalue weighted by Crippen LogP contribution is -2.21. The molecule has 0 aromatic carbocycles. The van der Waals surface area contributed by atoms with Crippen molar-refractivity contribution in [3.05, 3.63) is 46.1 Å². The molecule has 9 nitrogen and oxygen atoms in total. The number of anilines is 1. The summed E-state index contributed by atoms with van der Waals surface area (Å²) in [5, 5.41) is 5.13. The number of aromatic nitrogens is 1. The normalized spacial score (nSPS) is 10.1. The number of esters is 2. The van der Waals surface area contributed by atoms with Gasteiger partial charge in [-0.15, -0.1) is 11.3 Å². The largest absolute Gasteiger partial charge is 0.462 e. The molecule has 10 heteroatoms. The van der Waals surface area contributed by atoms with E-state index in [9.17, 15) is 19.2 Å². The number of nitrogens with zero attached hydrogens (tertiary/aromatic N) is 1. The third-order valence-corrected chi connectivity index (χ3v) is 4.75. The number of thiophene rings is 1. The number of rotatable bonds is 7. The number of carbonyl (C=O) groups is 4. The van der Waals surface area contributed by atoms with Crippen molar-refractivity contribution in [2.24, 2.45) is 0 Å².